The van der Waals surface area contributed by atoms with Crippen molar-refractivity contribution in [1.82, 2.24) is 9.97 Å². The lowest BCUT2D eigenvalue weighted by Crippen LogP contribution is -2.29. The van der Waals surface area contributed by atoms with Crippen LogP contribution < -0.4 is 5.56 Å². The summed E-state index contributed by atoms with van der Waals surface area (Å²) >= 11 is 0. The highest BCUT2D eigenvalue weighted by atomic mass is 16.5. The van der Waals surface area contributed by atoms with Gasteiger partial charge in [-0.25, -0.2) is 4.98 Å². The molecule has 0 saturated carbocycles. The number of aromatic amines is 1. The molecule has 1 aliphatic rings. The molecule has 1 N–H and O–H groups in total. The molecule has 0 amide bonds. The van der Waals surface area contributed by atoms with Gasteiger partial charge in [0.15, 0.2) is 0 Å². The number of hydrogen-bond donors (Lipinski definition) is 1. The Balaban J connectivity index is 2.50. The second-order valence-corrected chi connectivity index (χ2v) is 5.11. The molecule has 0 unspecified atom stereocenters. The third kappa shape index (κ3) is 2.41. The normalized spacial score (nSPS) is 16.4. The Bertz CT molecular complexity index is 463. The lowest BCUT2D eigenvalue weighted by atomic mass is 10.1. The smallest absolute Gasteiger partial charge is 0.254 e. The summed E-state index contributed by atoms with van der Waals surface area (Å²) in [5.74, 6) is 0.630. The molecular weight excluding hydrogens is 216 g/mol. The number of rotatable bonds is 2. The first kappa shape index (κ1) is 12.3. The first-order chi connectivity index (χ1) is 8.04. The van der Waals surface area contributed by atoms with Crippen molar-refractivity contribution < 1.29 is 4.74 Å². The van der Waals surface area contributed by atoms with E-state index in [2.05, 4.69) is 9.97 Å². The Morgan fingerprint density at radius 2 is 1.94 bits per heavy atom. The summed E-state index contributed by atoms with van der Waals surface area (Å²) in [6.07, 6.45) is 5.15. The Kier molecular flexibility index (Phi) is 3.33. The van der Waals surface area contributed by atoms with Crippen molar-refractivity contribution in [2.24, 2.45) is 0 Å². The van der Waals surface area contributed by atoms with Crippen molar-refractivity contribution in [2.45, 2.75) is 51.6 Å². The SMILES string of the molecule is COC(C)(C)c1nc2c(c(=O)[nH]1)CCCCC2. The van der Waals surface area contributed by atoms with Gasteiger partial charge >= 0.3 is 0 Å². The van der Waals surface area contributed by atoms with Gasteiger partial charge in [-0.1, -0.05) is 6.42 Å². The van der Waals surface area contributed by atoms with Gasteiger partial charge < -0.3 is 9.72 Å². The fourth-order valence-corrected chi connectivity index (χ4v) is 2.16. The van der Waals surface area contributed by atoms with E-state index in [1.54, 1.807) is 7.11 Å². The molecule has 0 spiro atoms. The highest BCUT2D eigenvalue weighted by Crippen LogP contribution is 2.22. The molecule has 0 radical (unpaired) electrons. The zero-order valence-electron chi connectivity index (χ0n) is 10.8. The molecule has 1 aromatic heterocycles. The number of hydrogen-bond acceptors (Lipinski definition) is 3. The summed E-state index contributed by atoms with van der Waals surface area (Å²) in [7, 11) is 1.63. The van der Waals surface area contributed by atoms with E-state index in [1.807, 2.05) is 13.8 Å². The Hall–Kier alpha value is -1.16. The first-order valence-electron chi connectivity index (χ1n) is 6.22. The fraction of sp³-hybridized carbons (Fsp3) is 0.692. The van der Waals surface area contributed by atoms with Crippen molar-refractivity contribution in [1.29, 1.82) is 0 Å². The number of aryl methyl sites for hydroxylation is 1. The van der Waals surface area contributed by atoms with Crippen molar-refractivity contribution in [3.63, 3.8) is 0 Å². The highest BCUT2D eigenvalue weighted by Gasteiger charge is 2.25. The van der Waals surface area contributed by atoms with E-state index in [1.165, 1.54) is 6.42 Å². The van der Waals surface area contributed by atoms with Crippen LogP contribution in [0.5, 0.6) is 0 Å². The molecule has 0 aliphatic heterocycles. The second-order valence-electron chi connectivity index (χ2n) is 5.11. The van der Waals surface area contributed by atoms with Crippen molar-refractivity contribution in [3.05, 3.63) is 27.4 Å². The topological polar surface area (TPSA) is 55.0 Å². The lowest BCUT2D eigenvalue weighted by molar-refractivity contribution is 0.0110. The molecule has 1 aromatic rings. The number of nitrogens with one attached hydrogen (secondary N) is 1. The predicted molar refractivity (Wildman–Crippen MR) is 66.2 cm³/mol. The Morgan fingerprint density at radius 3 is 2.65 bits per heavy atom. The molecule has 1 heterocycles. The van der Waals surface area contributed by atoms with Crippen LogP contribution in [0.2, 0.25) is 0 Å². The van der Waals surface area contributed by atoms with Gasteiger partial charge in [-0.2, -0.15) is 0 Å². The molecule has 0 aromatic carbocycles. The van der Waals surface area contributed by atoms with Crippen LogP contribution in [0.15, 0.2) is 4.79 Å². The van der Waals surface area contributed by atoms with E-state index < -0.39 is 5.60 Å². The molecule has 0 atom stereocenters. The number of H-pyrrole nitrogens is 1. The van der Waals surface area contributed by atoms with Gasteiger partial charge in [0.25, 0.3) is 5.56 Å². The van der Waals surface area contributed by atoms with Crippen LogP contribution in [0, 0.1) is 0 Å². The van der Waals surface area contributed by atoms with Crippen LogP contribution >= 0.6 is 0 Å². The fourth-order valence-electron chi connectivity index (χ4n) is 2.16. The molecule has 4 nitrogen and oxygen atoms in total. The lowest BCUT2D eigenvalue weighted by Gasteiger charge is -2.22. The quantitative estimate of drug-likeness (QED) is 0.798. The molecule has 1 aliphatic carbocycles. The number of methoxy groups -OCH3 is 1. The van der Waals surface area contributed by atoms with E-state index in [9.17, 15) is 4.79 Å². The monoisotopic (exact) mass is 236 g/mol. The van der Waals surface area contributed by atoms with Gasteiger partial charge in [0.2, 0.25) is 0 Å². The van der Waals surface area contributed by atoms with Crippen molar-refractivity contribution in [2.75, 3.05) is 7.11 Å². The molecule has 4 heteroatoms. The van der Waals surface area contributed by atoms with Crippen LogP contribution in [-0.4, -0.2) is 17.1 Å². The Morgan fingerprint density at radius 1 is 1.24 bits per heavy atom. The molecular formula is C13H20N2O2. The first-order valence-corrected chi connectivity index (χ1v) is 6.22. The minimum absolute atomic E-state index is 0.0111. The van der Waals surface area contributed by atoms with E-state index in [0.717, 1.165) is 36.9 Å². The Labute approximate surface area is 101 Å². The average molecular weight is 236 g/mol. The molecule has 0 bridgehead atoms. The summed E-state index contributed by atoms with van der Waals surface area (Å²) in [5.41, 5.74) is 1.31. The van der Waals surface area contributed by atoms with Crippen molar-refractivity contribution in [3.8, 4) is 0 Å². The van der Waals surface area contributed by atoms with Crippen molar-refractivity contribution >= 4 is 0 Å². The van der Waals surface area contributed by atoms with Gasteiger partial charge in [-0.15, -0.1) is 0 Å². The molecule has 94 valence electrons. The standard InChI is InChI=1S/C13H20N2O2/c1-13(2,17-3)12-14-10-8-6-4-5-7-9(10)11(16)15-12/h4-8H2,1-3H3,(H,14,15,16). The van der Waals surface area contributed by atoms with Crippen LogP contribution in [-0.2, 0) is 23.2 Å². The minimum Gasteiger partial charge on any atom is -0.371 e. The van der Waals surface area contributed by atoms with E-state index in [4.69, 9.17) is 4.74 Å². The summed E-state index contributed by atoms with van der Waals surface area (Å²) in [4.78, 5) is 19.5. The number of ether oxygens (including phenoxy) is 1. The molecule has 17 heavy (non-hydrogen) atoms. The third-order valence-corrected chi connectivity index (χ3v) is 3.52. The van der Waals surface area contributed by atoms with Gasteiger partial charge in [0.1, 0.15) is 11.4 Å². The van der Waals surface area contributed by atoms with Gasteiger partial charge in [0, 0.05) is 12.7 Å². The van der Waals surface area contributed by atoms with E-state index >= 15 is 0 Å². The summed E-state index contributed by atoms with van der Waals surface area (Å²) < 4.78 is 5.37. The molecule has 2 rings (SSSR count). The summed E-state index contributed by atoms with van der Waals surface area (Å²) in [6.45, 7) is 3.82. The molecule has 0 saturated heterocycles. The summed E-state index contributed by atoms with van der Waals surface area (Å²) in [6, 6.07) is 0. The van der Waals surface area contributed by atoms with Crippen LogP contribution in [0.3, 0.4) is 0 Å². The zero-order valence-corrected chi connectivity index (χ0v) is 10.8. The van der Waals surface area contributed by atoms with Crippen LogP contribution in [0.1, 0.15) is 50.2 Å². The van der Waals surface area contributed by atoms with Crippen LogP contribution in [0.4, 0.5) is 0 Å². The minimum atomic E-state index is -0.541. The average Bonchev–Trinajstić information content (AvgIpc) is 2.54. The predicted octanol–water partition coefficient (Wildman–Crippen LogP) is 1.92. The number of nitrogens with zero attached hydrogens (tertiary/aromatic N) is 1. The maximum absolute atomic E-state index is 12.0. The number of fused-ring (bicyclic) bond motifs is 1. The van der Waals surface area contributed by atoms with Gasteiger partial charge in [-0.05, 0) is 39.5 Å². The maximum Gasteiger partial charge on any atom is 0.254 e. The zero-order chi connectivity index (χ0) is 12.5. The highest BCUT2D eigenvalue weighted by molar-refractivity contribution is 5.21. The second kappa shape index (κ2) is 4.61. The third-order valence-electron chi connectivity index (χ3n) is 3.52. The number of aromatic nitrogens is 2. The molecule has 0 fully saturated rings. The van der Waals surface area contributed by atoms with Gasteiger partial charge in [-0.3, -0.25) is 4.79 Å². The van der Waals surface area contributed by atoms with E-state index in [-0.39, 0.29) is 5.56 Å². The largest absolute Gasteiger partial charge is 0.371 e. The van der Waals surface area contributed by atoms with E-state index in [0.29, 0.717) is 5.82 Å². The van der Waals surface area contributed by atoms with Gasteiger partial charge in [0.05, 0.1) is 5.69 Å². The van der Waals surface area contributed by atoms with Crippen LogP contribution in [0.25, 0.3) is 0 Å². The summed E-state index contributed by atoms with van der Waals surface area (Å²) in [5, 5.41) is 0. The maximum atomic E-state index is 12.0.